The highest BCUT2D eigenvalue weighted by atomic mass is 16.3. The summed E-state index contributed by atoms with van der Waals surface area (Å²) in [6.45, 7) is 6.65. The molecule has 2 rings (SSSR count). The van der Waals surface area contributed by atoms with E-state index in [2.05, 4.69) is 26.1 Å². The normalized spacial score (nSPS) is 23.2. The SMILES string of the molecule is CC(C)c1ccc(C(O)CNC(=O)C2CC2C)cc1. The van der Waals surface area contributed by atoms with Gasteiger partial charge in [0.2, 0.25) is 5.91 Å². The molecule has 0 aromatic heterocycles. The molecule has 2 N–H and O–H groups in total. The topological polar surface area (TPSA) is 49.3 Å². The molecule has 0 saturated heterocycles. The van der Waals surface area contributed by atoms with Gasteiger partial charge < -0.3 is 10.4 Å². The van der Waals surface area contributed by atoms with E-state index in [0.717, 1.165) is 12.0 Å². The molecular weight excluding hydrogens is 238 g/mol. The molecular formula is C16H23NO2. The van der Waals surface area contributed by atoms with Gasteiger partial charge in [0.1, 0.15) is 0 Å². The molecule has 0 spiro atoms. The van der Waals surface area contributed by atoms with E-state index >= 15 is 0 Å². The summed E-state index contributed by atoms with van der Waals surface area (Å²) in [5.74, 6) is 1.23. The summed E-state index contributed by atoms with van der Waals surface area (Å²) < 4.78 is 0. The fourth-order valence-corrected chi connectivity index (χ4v) is 2.24. The van der Waals surface area contributed by atoms with Gasteiger partial charge in [-0.2, -0.15) is 0 Å². The summed E-state index contributed by atoms with van der Waals surface area (Å²) in [7, 11) is 0. The van der Waals surface area contributed by atoms with Crippen molar-refractivity contribution in [3.8, 4) is 0 Å². The predicted molar refractivity (Wildman–Crippen MR) is 75.8 cm³/mol. The van der Waals surface area contributed by atoms with Crippen molar-refractivity contribution in [3.05, 3.63) is 35.4 Å². The second-order valence-electron chi connectivity index (χ2n) is 5.90. The minimum Gasteiger partial charge on any atom is -0.387 e. The third-order valence-corrected chi connectivity index (χ3v) is 3.90. The first-order valence-corrected chi connectivity index (χ1v) is 7.04. The first-order valence-electron chi connectivity index (χ1n) is 7.04. The zero-order valence-electron chi connectivity index (χ0n) is 11.9. The Morgan fingerprint density at radius 3 is 2.32 bits per heavy atom. The smallest absolute Gasteiger partial charge is 0.223 e. The Kier molecular flexibility index (Phi) is 4.25. The highest BCUT2D eigenvalue weighted by molar-refractivity contribution is 5.81. The molecule has 1 aromatic carbocycles. The summed E-state index contributed by atoms with van der Waals surface area (Å²) in [6, 6.07) is 7.94. The fourth-order valence-electron chi connectivity index (χ4n) is 2.24. The molecule has 0 heterocycles. The third-order valence-electron chi connectivity index (χ3n) is 3.90. The molecule has 3 nitrogen and oxygen atoms in total. The Hall–Kier alpha value is -1.35. The van der Waals surface area contributed by atoms with Crippen molar-refractivity contribution in [2.24, 2.45) is 11.8 Å². The summed E-state index contributed by atoms with van der Waals surface area (Å²) in [4.78, 5) is 11.7. The first-order chi connectivity index (χ1) is 8.99. The molecule has 19 heavy (non-hydrogen) atoms. The van der Waals surface area contributed by atoms with Gasteiger partial charge in [-0.05, 0) is 29.4 Å². The minimum atomic E-state index is -0.626. The lowest BCUT2D eigenvalue weighted by molar-refractivity contribution is -0.123. The molecule has 104 valence electrons. The van der Waals surface area contributed by atoms with E-state index in [4.69, 9.17) is 0 Å². The summed E-state index contributed by atoms with van der Waals surface area (Å²) >= 11 is 0. The molecule has 1 aliphatic rings. The van der Waals surface area contributed by atoms with Gasteiger partial charge in [-0.15, -0.1) is 0 Å². The van der Waals surface area contributed by atoms with Gasteiger partial charge in [-0.3, -0.25) is 4.79 Å². The van der Waals surface area contributed by atoms with Gasteiger partial charge in [0, 0.05) is 12.5 Å². The largest absolute Gasteiger partial charge is 0.387 e. The number of amides is 1. The van der Waals surface area contributed by atoms with Gasteiger partial charge in [0.15, 0.2) is 0 Å². The van der Waals surface area contributed by atoms with Crippen LogP contribution in [0, 0.1) is 11.8 Å². The quantitative estimate of drug-likeness (QED) is 0.856. The van der Waals surface area contributed by atoms with Gasteiger partial charge in [-0.25, -0.2) is 0 Å². The van der Waals surface area contributed by atoms with Crippen molar-refractivity contribution in [2.75, 3.05) is 6.54 Å². The number of aliphatic hydroxyl groups excluding tert-OH is 1. The maximum Gasteiger partial charge on any atom is 0.223 e. The van der Waals surface area contributed by atoms with Crippen molar-refractivity contribution < 1.29 is 9.90 Å². The number of hydrogen-bond donors (Lipinski definition) is 2. The van der Waals surface area contributed by atoms with Crippen LogP contribution in [-0.2, 0) is 4.79 Å². The van der Waals surface area contributed by atoms with E-state index in [1.807, 2.05) is 24.3 Å². The number of carbonyl (C=O) groups excluding carboxylic acids is 1. The molecule has 1 aliphatic carbocycles. The Labute approximate surface area is 115 Å². The molecule has 1 saturated carbocycles. The van der Waals surface area contributed by atoms with Crippen LogP contribution in [0.2, 0.25) is 0 Å². The van der Waals surface area contributed by atoms with E-state index in [1.54, 1.807) is 0 Å². The first kappa shape index (κ1) is 14.1. The molecule has 3 heteroatoms. The van der Waals surface area contributed by atoms with Crippen LogP contribution in [0.1, 0.15) is 50.3 Å². The molecule has 1 amide bonds. The van der Waals surface area contributed by atoms with Crippen LogP contribution in [0.25, 0.3) is 0 Å². The number of aliphatic hydroxyl groups is 1. The van der Waals surface area contributed by atoms with E-state index in [9.17, 15) is 9.90 Å². The standard InChI is InChI=1S/C16H23NO2/c1-10(2)12-4-6-13(7-5-12)15(18)9-17-16(19)14-8-11(14)3/h4-7,10-11,14-15,18H,8-9H2,1-3H3,(H,17,19). The summed E-state index contributed by atoms with van der Waals surface area (Å²) in [6.07, 6.45) is 0.351. The second kappa shape index (κ2) is 5.74. The number of nitrogens with one attached hydrogen (secondary N) is 1. The molecule has 1 aromatic rings. The average Bonchev–Trinajstić information content (AvgIpc) is 3.13. The van der Waals surface area contributed by atoms with Crippen LogP contribution in [0.5, 0.6) is 0 Å². The maximum absolute atomic E-state index is 11.7. The van der Waals surface area contributed by atoms with Crippen molar-refractivity contribution >= 4 is 5.91 Å². The lowest BCUT2D eigenvalue weighted by atomic mass is 10.00. The summed E-state index contributed by atoms with van der Waals surface area (Å²) in [5, 5.41) is 12.9. The molecule has 1 fully saturated rings. The highest BCUT2D eigenvalue weighted by Crippen LogP contribution is 2.37. The van der Waals surface area contributed by atoms with Crippen LogP contribution in [0.4, 0.5) is 0 Å². The van der Waals surface area contributed by atoms with E-state index in [-0.39, 0.29) is 11.8 Å². The van der Waals surface area contributed by atoms with Crippen LogP contribution < -0.4 is 5.32 Å². The van der Waals surface area contributed by atoms with E-state index in [0.29, 0.717) is 18.4 Å². The predicted octanol–water partition coefficient (Wildman–Crippen LogP) is 2.62. The fraction of sp³-hybridized carbons (Fsp3) is 0.562. The monoisotopic (exact) mass is 261 g/mol. The van der Waals surface area contributed by atoms with Crippen molar-refractivity contribution in [2.45, 2.75) is 39.2 Å². The molecule has 3 atom stereocenters. The van der Waals surface area contributed by atoms with E-state index < -0.39 is 6.10 Å². The Morgan fingerprint density at radius 1 is 1.32 bits per heavy atom. The van der Waals surface area contributed by atoms with Crippen molar-refractivity contribution in [1.82, 2.24) is 5.32 Å². The Balaban J connectivity index is 1.85. The minimum absolute atomic E-state index is 0.0744. The highest BCUT2D eigenvalue weighted by Gasteiger charge is 2.38. The van der Waals surface area contributed by atoms with Gasteiger partial charge in [-0.1, -0.05) is 45.0 Å². The number of hydrogen-bond acceptors (Lipinski definition) is 2. The van der Waals surface area contributed by atoms with E-state index in [1.165, 1.54) is 5.56 Å². The van der Waals surface area contributed by atoms with Crippen molar-refractivity contribution in [3.63, 3.8) is 0 Å². The molecule has 0 radical (unpaired) electrons. The Morgan fingerprint density at radius 2 is 1.84 bits per heavy atom. The van der Waals surface area contributed by atoms with Crippen molar-refractivity contribution in [1.29, 1.82) is 0 Å². The molecule has 0 aliphatic heterocycles. The van der Waals surface area contributed by atoms with Crippen LogP contribution >= 0.6 is 0 Å². The second-order valence-corrected chi connectivity index (χ2v) is 5.90. The molecule has 3 unspecified atom stereocenters. The van der Waals surface area contributed by atoms with Gasteiger partial charge >= 0.3 is 0 Å². The number of benzene rings is 1. The maximum atomic E-state index is 11.7. The number of rotatable bonds is 5. The number of carbonyl (C=O) groups is 1. The van der Waals surface area contributed by atoms with Crippen LogP contribution in [-0.4, -0.2) is 17.6 Å². The third kappa shape index (κ3) is 3.57. The van der Waals surface area contributed by atoms with Crippen LogP contribution in [0.15, 0.2) is 24.3 Å². The zero-order chi connectivity index (χ0) is 14.0. The zero-order valence-corrected chi connectivity index (χ0v) is 11.9. The van der Waals surface area contributed by atoms with Crippen LogP contribution in [0.3, 0.4) is 0 Å². The van der Waals surface area contributed by atoms with Gasteiger partial charge in [0.25, 0.3) is 0 Å². The lowest BCUT2D eigenvalue weighted by Crippen LogP contribution is -2.29. The average molecular weight is 261 g/mol. The lowest BCUT2D eigenvalue weighted by Gasteiger charge is -2.13. The Bertz CT molecular complexity index is 439. The van der Waals surface area contributed by atoms with Gasteiger partial charge in [0.05, 0.1) is 6.10 Å². The molecule has 0 bridgehead atoms. The summed E-state index contributed by atoms with van der Waals surface area (Å²) in [5.41, 5.74) is 2.11.